The molecule has 0 aromatic carbocycles. The highest BCUT2D eigenvalue weighted by Gasteiger charge is 2.13. The van der Waals surface area contributed by atoms with Crippen molar-refractivity contribution in [3.05, 3.63) is 23.8 Å². The lowest BCUT2D eigenvalue weighted by atomic mass is 10.7. The summed E-state index contributed by atoms with van der Waals surface area (Å²) in [4.78, 5) is 10.4. The molecular formula is C8H13O2P. The van der Waals surface area contributed by atoms with E-state index in [1.54, 1.807) is 0 Å². The first kappa shape index (κ1) is 10.4. The lowest BCUT2D eigenvalue weighted by Crippen LogP contribution is -2.01. The van der Waals surface area contributed by atoms with Crippen LogP contribution in [0.2, 0.25) is 0 Å². The number of carbonyl (C=O) groups is 1. The minimum Gasteiger partial charge on any atom is -0.481 e. The number of carboxylic acid groups (broad SMARTS) is 1. The molecule has 62 valence electrons. The van der Waals surface area contributed by atoms with E-state index in [0.29, 0.717) is 0 Å². The maximum absolute atomic E-state index is 10.4. The summed E-state index contributed by atoms with van der Waals surface area (Å²) in [5, 5.41) is 10.4. The van der Waals surface area contributed by atoms with Gasteiger partial charge >= 0.3 is 5.97 Å². The molecule has 0 aliphatic rings. The fourth-order valence-electron chi connectivity index (χ4n) is 0.731. The normalized spacial score (nSPS) is 9.73. The van der Waals surface area contributed by atoms with Gasteiger partial charge in [-0.15, -0.1) is 0 Å². The summed E-state index contributed by atoms with van der Waals surface area (Å²) in [7, 11) is -0.707. The number of allylic oxidation sites excluding steroid dienone is 2. The largest absolute Gasteiger partial charge is 0.481 e. The van der Waals surface area contributed by atoms with Crippen molar-refractivity contribution >= 4 is 13.9 Å². The Bertz CT molecular complexity index is 182. The molecule has 0 saturated carbocycles. The number of aliphatic carboxylic acids is 1. The summed E-state index contributed by atoms with van der Waals surface area (Å²) in [6.45, 7) is 11.2. The van der Waals surface area contributed by atoms with Crippen LogP contribution in [-0.4, -0.2) is 17.2 Å². The molecule has 0 amide bonds. The quantitative estimate of drug-likeness (QED) is 0.662. The van der Waals surface area contributed by atoms with Gasteiger partial charge in [0.25, 0.3) is 0 Å². The standard InChI is InChI=1S/C8H13O2P/c1-6(2)11(7(3)4)5-8(9)10/h1,3,5H2,2,4H3,(H,9,10). The molecule has 0 unspecified atom stereocenters. The van der Waals surface area contributed by atoms with Crippen molar-refractivity contribution in [3.8, 4) is 0 Å². The van der Waals surface area contributed by atoms with Crippen molar-refractivity contribution < 1.29 is 9.90 Å². The highest BCUT2D eigenvalue weighted by molar-refractivity contribution is 7.66. The Morgan fingerprint density at radius 2 is 1.73 bits per heavy atom. The van der Waals surface area contributed by atoms with Crippen molar-refractivity contribution in [2.24, 2.45) is 0 Å². The molecule has 1 N–H and O–H groups in total. The van der Waals surface area contributed by atoms with Crippen LogP contribution in [-0.2, 0) is 4.79 Å². The molecule has 0 saturated heterocycles. The van der Waals surface area contributed by atoms with Gasteiger partial charge in [-0.25, -0.2) is 0 Å². The first-order valence-corrected chi connectivity index (χ1v) is 4.78. The molecular weight excluding hydrogens is 159 g/mol. The molecule has 0 radical (unpaired) electrons. The number of carboxylic acids is 1. The first-order valence-electron chi connectivity index (χ1n) is 3.25. The van der Waals surface area contributed by atoms with Gasteiger partial charge < -0.3 is 5.11 Å². The van der Waals surface area contributed by atoms with E-state index in [4.69, 9.17) is 5.11 Å². The summed E-state index contributed by atoms with van der Waals surface area (Å²) in [5.41, 5.74) is 0. The van der Waals surface area contributed by atoms with Crippen LogP contribution in [0.5, 0.6) is 0 Å². The topological polar surface area (TPSA) is 37.3 Å². The Hall–Kier alpha value is -0.620. The summed E-state index contributed by atoms with van der Waals surface area (Å²) in [6.07, 6.45) is 0.167. The molecule has 0 fully saturated rings. The zero-order valence-electron chi connectivity index (χ0n) is 6.92. The van der Waals surface area contributed by atoms with E-state index < -0.39 is 13.9 Å². The molecule has 2 nitrogen and oxygen atoms in total. The van der Waals surface area contributed by atoms with Crippen molar-refractivity contribution in [3.63, 3.8) is 0 Å². The van der Waals surface area contributed by atoms with Gasteiger partial charge in [0.05, 0.1) is 6.16 Å². The van der Waals surface area contributed by atoms with Crippen LogP contribution < -0.4 is 0 Å². The Balaban J connectivity index is 4.23. The summed E-state index contributed by atoms with van der Waals surface area (Å²) < 4.78 is 0. The van der Waals surface area contributed by atoms with Gasteiger partial charge in [0, 0.05) is 0 Å². The van der Waals surface area contributed by atoms with E-state index in [2.05, 4.69) is 13.2 Å². The molecule has 0 aromatic heterocycles. The second-order valence-corrected chi connectivity index (χ2v) is 5.15. The van der Waals surface area contributed by atoms with Gasteiger partial charge in [-0.1, -0.05) is 23.8 Å². The van der Waals surface area contributed by atoms with Crippen molar-refractivity contribution in [1.29, 1.82) is 0 Å². The third-order valence-electron chi connectivity index (χ3n) is 1.21. The Morgan fingerprint density at radius 1 is 1.36 bits per heavy atom. The van der Waals surface area contributed by atoms with Crippen molar-refractivity contribution in [1.82, 2.24) is 0 Å². The molecule has 0 rings (SSSR count). The molecule has 0 aliphatic carbocycles. The number of hydrogen-bond acceptors (Lipinski definition) is 1. The van der Waals surface area contributed by atoms with Crippen LogP contribution in [0, 0.1) is 0 Å². The predicted molar refractivity (Wildman–Crippen MR) is 49.1 cm³/mol. The zero-order chi connectivity index (χ0) is 9.02. The zero-order valence-corrected chi connectivity index (χ0v) is 7.82. The van der Waals surface area contributed by atoms with E-state index >= 15 is 0 Å². The van der Waals surface area contributed by atoms with Crippen LogP contribution in [0.4, 0.5) is 0 Å². The van der Waals surface area contributed by atoms with Crippen molar-refractivity contribution in [2.45, 2.75) is 13.8 Å². The van der Waals surface area contributed by atoms with Crippen molar-refractivity contribution in [2.75, 3.05) is 6.16 Å². The lowest BCUT2D eigenvalue weighted by molar-refractivity contribution is -0.134. The van der Waals surface area contributed by atoms with E-state index in [1.165, 1.54) is 0 Å². The predicted octanol–water partition coefficient (Wildman–Crippen LogP) is 2.62. The van der Waals surface area contributed by atoms with Crippen LogP contribution in [0.15, 0.2) is 23.8 Å². The summed E-state index contributed by atoms with van der Waals surface area (Å²) in [5.74, 6) is -0.776. The molecule has 0 spiro atoms. The molecule has 3 heteroatoms. The van der Waals surface area contributed by atoms with E-state index in [-0.39, 0.29) is 6.16 Å². The summed E-state index contributed by atoms with van der Waals surface area (Å²) >= 11 is 0. The van der Waals surface area contributed by atoms with Gasteiger partial charge in [-0.3, -0.25) is 4.79 Å². The highest BCUT2D eigenvalue weighted by Crippen LogP contribution is 2.49. The second kappa shape index (κ2) is 4.30. The Kier molecular flexibility index (Phi) is 4.06. The molecule has 0 bridgehead atoms. The van der Waals surface area contributed by atoms with Gasteiger partial charge in [0.1, 0.15) is 0 Å². The lowest BCUT2D eigenvalue weighted by Gasteiger charge is -2.14. The maximum Gasteiger partial charge on any atom is 0.308 e. The smallest absolute Gasteiger partial charge is 0.308 e. The molecule has 0 heterocycles. The van der Waals surface area contributed by atoms with Gasteiger partial charge in [-0.2, -0.15) is 0 Å². The minimum atomic E-state index is -0.776. The van der Waals surface area contributed by atoms with E-state index in [0.717, 1.165) is 10.6 Å². The Morgan fingerprint density at radius 3 is 1.82 bits per heavy atom. The highest BCUT2D eigenvalue weighted by atomic mass is 31.1. The minimum absolute atomic E-state index is 0.167. The monoisotopic (exact) mass is 172 g/mol. The first-order chi connectivity index (χ1) is 4.95. The maximum atomic E-state index is 10.4. The van der Waals surface area contributed by atoms with Gasteiger partial charge in [0.2, 0.25) is 0 Å². The Labute approximate surface area is 68.4 Å². The fourth-order valence-corrected chi connectivity index (χ4v) is 2.19. The molecule has 0 aliphatic heterocycles. The van der Waals surface area contributed by atoms with E-state index in [1.807, 2.05) is 13.8 Å². The van der Waals surface area contributed by atoms with E-state index in [9.17, 15) is 4.79 Å². The van der Waals surface area contributed by atoms with Gasteiger partial charge in [0.15, 0.2) is 0 Å². The van der Waals surface area contributed by atoms with Crippen LogP contribution >= 0.6 is 7.92 Å². The van der Waals surface area contributed by atoms with Crippen LogP contribution in [0.25, 0.3) is 0 Å². The average molecular weight is 172 g/mol. The number of rotatable bonds is 4. The van der Waals surface area contributed by atoms with Crippen LogP contribution in [0.3, 0.4) is 0 Å². The summed E-state index contributed by atoms with van der Waals surface area (Å²) in [6, 6.07) is 0. The third kappa shape index (κ3) is 3.94. The fraction of sp³-hybridized carbons (Fsp3) is 0.375. The van der Waals surface area contributed by atoms with Crippen LogP contribution in [0.1, 0.15) is 13.8 Å². The molecule has 0 aromatic rings. The third-order valence-corrected chi connectivity index (χ3v) is 3.64. The van der Waals surface area contributed by atoms with Gasteiger partial charge in [-0.05, 0) is 21.8 Å². The average Bonchev–Trinajstić information content (AvgIpc) is 1.81. The second-order valence-electron chi connectivity index (χ2n) is 2.45. The number of hydrogen-bond donors (Lipinski definition) is 1. The SMILES string of the molecule is C=C(C)P(CC(=O)O)C(=C)C. The molecule has 11 heavy (non-hydrogen) atoms. The molecule has 0 atom stereocenters.